The molecule has 0 radical (unpaired) electrons. The third-order valence-electron chi connectivity index (χ3n) is 1.85. The van der Waals surface area contributed by atoms with Crippen molar-refractivity contribution >= 4 is 29.2 Å². The summed E-state index contributed by atoms with van der Waals surface area (Å²) < 4.78 is 4.40. The van der Waals surface area contributed by atoms with Gasteiger partial charge in [0.1, 0.15) is 0 Å². The first-order valence-corrected chi connectivity index (χ1v) is 6.51. The first kappa shape index (κ1) is 17.4. The predicted octanol–water partition coefficient (Wildman–Crippen LogP) is 4.33. The van der Waals surface area contributed by atoms with Crippen LogP contribution in [0.3, 0.4) is 0 Å². The molecule has 0 unspecified atom stereocenters. The largest absolute Gasteiger partial charge is 0.466 e. The molecule has 0 atom stereocenters. The third kappa shape index (κ3) is 24.9. The average Bonchev–Trinajstić information content (AvgIpc) is 2.22. The van der Waals surface area contributed by atoms with Gasteiger partial charge < -0.3 is 4.74 Å². The van der Waals surface area contributed by atoms with E-state index in [2.05, 4.69) is 4.74 Å². The second-order valence-corrected chi connectivity index (χ2v) is 3.96. The van der Waals surface area contributed by atoms with Gasteiger partial charge in [-0.1, -0.05) is 38.5 Å². The van der Waals surface area contributed by atoms with Gasteiger partial charge in [0.15, 0.2) is 0 Å². The Morgan fingerprint density at radius 1 is 1.07 bits per heavy atom. The molecular formula is C11H22Cl2O2. The fourth-order valence-corrected chi connectivity index (χ4v) is 1.26. The van der Waals surface area contributed by atoms with Crippen molar-refractivity contribution in [2.45, 2.75) is 52.4 Å². The molecular weight excluding hydrogens is 235 g/mol. The minimum atomic E-state index is -0.211. The lowest BCUT2D eigenvalue weighted by Crippen LogP contribution is -1.95. The number of hydrogen-bond acceptors (Lipinski definition) is 2. The molecule has 0 aromatic carbocycles. The normalized spacial score (nSPS) is 13.9. The molecule has 0 amide bonds. The van der Waals surface area contributed by atoms with Gasteiger partial charge in [-0.2, -0.15) is 0 Å². The van der Waals surface area contributed by atoms with Gasteiger partial charge >= 0.3 is 5.97 Å². The van der Waals surface area contributed by atoms with Crippen LogP contribution in [-0.2, 0) is 9.53 Å². The standard InChI is InChI=1S/C6H12.C4H8O2.CH2Cl2/c1-2-4-6-5-3-1;1-3-6-4(2)5;2-1-3/h1-6H2;3H2,1-2H3;1H2. The van der Waals surface area contributed by atoms with E-state index in [9.17, 15) is 4.79 Å². The molecule has 1 aliphatic rings. The van der Waals surface area contributed by atoms with Crippen LogP contribution in [0.4, 0.5) is 0 Å². The Balaban J connectivity index is 0. The number of esters is 1. The van der Waals surface area contributed by atoms with E-state index < -0.39 is 0 Å². The lowest BCUT2D eigenvalue weighted by Gasteiger charge is -2.05. The van der Waals surface area contributed by atoms with Crippen LogP contribution in [0.25, 0.3) is 0 Å². The van der Waals surface area contributed by atoms with E-state index in [1.807, 2.05) is 0 Å². The van der Waals surface area contributed by atoms with Crippen LogP contribution in [0.1, 0.15) is 52.4 Å². The lowest BCUT2D eigenvalue weighted by atomic mass is 10.0. The Morgan fingerprint density at radius 2 is 1.33 bits per heavy atom. The number of halogens is 2. The first-order valence-electron chi connectivity index (χ1n) is 5.44. The summed E-state index contributed by atoms with van der Waals surface area (Å²) in [5.74, 6) is -0.211. The number of ether oxygens (including phenoxy) is 1. The minimum Gasteiger partial charge on any atom is -0.466 e. The van der Waals surface area contributed by atoms with E-state index in [0.717, 1.165) is 0 Å². The van der Waals surface area contributed by atoms with Crippen molar-refractivity contribution in [2.24, 2.45) is 0 Å². The number of carbonyl (C=O) groups excluding carboxylic acids is 1. The predicted molar refractivity (Wildman–Crippen MR) is 66.6 cm³/mol. The molecule has 0 heterocycles. The Bertz CT molecular complexity index is 114. The highest BCUT2D eigenvalue weighted by molar-refractivity contribution is 6.40. The van der Waals surface area contributed by atoms with Crippen molar-refractivity contribution in [1.82, 2.24) is 0 Å². The maximum absolute atomic E-state index is 9.82. The molecule has 1 aliphatic carbocycles. The first-order chi connectivity index (χ1) is 7.18. The van der Waals surface area contributed by atoms with Gasteiger partial charge in [-0.05, 0) is 6.92 Å². The summed E-state index contributed by atoms with van der Waals surface area (Å²) in [6.45, 7) is 3.65. The zero-order chi connectivity index (χ0) is 11.9. The Kier molecular flexibility index (Phi) is 19.2. The van der Waals surface area contributed by atoms with E-state index in [4.69, 9.17) is 23.2 Å². The third-order valence-corrected chi connectivity index (χ3v) is 1.85. The van der Waals surface area contributed by atoms with Crippen molar-refractivity contribution in [3.63, 3.8) is 0 Å². The van der Waals surface area contributed by atoms with Crippen LogP contribution >= 0.6 is 23.2 Å². The average molecular weight is 257 g/mol. The van der Waals surface area contributed by atoms with Crippen molar-refractivity contribution in [1.29, 1.82) is 0 Å². The monoisotopic (exact) mass is 256 g/mol. The molecule has 2 nitrogen and oxygen atoms in total. The van der Waals surface area contributed by atoms with Gasteiger partial charge in [0, 0.05) is 6.92 Å². The van der Waals surface area contributed by atoms with Gasteiger partial charge in [-0.25, -0.2) is 0 Å². The molecule has 0 bridgehead atoms. The molecule has 1 saturated carbocycles. The van der Waals surface area contributed by atoms with Crippen molar-refractivity contribution < 1.29 is 9.53 Å². The van der Waals surface area contributed by atoms with Crippen LogP contribution in [-0.4, -0.2) is 17.9 Å². The summed E-state index contributed by atoms with van der Waals surface area (Å²) in [7, 11) is 0. The highest BCUT2D eigenvalue weighted by Gasteiger charge is 1.95. The molecule has 0 saturated heterocycles. The van der Waals surface area contributed by atoms with Gasteiger partial charge in [-0.3, -0.25) is 4.79 Å². The summed E-state index contributed by atoms with van der Waals surface area (Å²) in [6, 6.07) is 0. The quantitative estimate of drug-likeness (QED) is 0.516. The number of carbonyl (C=O) groups is 1. The minimum absolute atomic E-state index is 0.194. The zero-order valence-corrected chi connectivity index (χ0v) is 11.2. The topological polar surface area (TPSA) is 26.3 Å². The van der Waals surface area contributed by atoms with E-state index in [1.54, 1.807) is 6.92 Å². The molecule has 0 N–H and O–H groups in total. The number of hydrogen-bond donors (Lipinski definition) is 0. The van der Waals surface area contributed by atoms with Crippen LogP contribution < -0.4 is 0 Å². The fourth-order valence-electron chi connectivity index (χ4n) is 1.26. The SMILES string of the molecule is C1CCCCC1.CCOC(C)=O.ClCCl. The van der Waals surface area contributed by atoms with E-state index in [1.165, 1.54) is 45.4 Å². The maximum atomic E-state index is 9.82. The number of rotatable bonds is 1. The summed E-state index contributed by atoms with van der Waals surface area (Å²) in [4.78, 5) is 9.82. The smallest absolute Gasteiger partial charge is 0.302 e. The fraction of sp³-hybridized carbons (Fsp3) is 0.909. The second kappa shape index (κ2) is 16.5. The summed E-state index contributed by atoms with van der Waals surface area (Å²) in [6.07, 6.45) is 9.00. The second-order valence-electron chi connectivity index (χ2n) is 3.15. The summed E-state index contributed by atoms with van der Waals surface area (Å²) in [5.41, 5.74) is 0. The van der Waals surface area contributed by atoms with Crippen LogP contribution in [0.15, 0.2) is 0 Å². The Labute approximate surface area is 103 Å². The summed E-state index contributed by atoms with van der Waals surface area (Å²) in [5, 5.41) is 0.194. The van der Waals surface area contributed by atoms with Crippen LogP contribution in [0.5, 0.6) is 0 Å². The van der Waals surface area contributed by atoms with Gasteiger partial charge in [0.05, 0.1) is 11.9 Å². The van der Waals surface area contributed by atoms with Gasteiger partial charge in [0.2, 0.25) is 0 Å². The van der Waals surface area contributed by atoms with Gasteiger partial charge in [0.25, 0.3) is 0 Å². The molecule has 0 aromatic rings. The van der Waals surface area contributed by atoms with E-state index in [-0.39, 0.29) is 11.3 Å². The molecule has 1 rings (SSSR count). The highest BCUT2D eigenvalue weighted by atomic mass is 35.5. The molecule has 92 valence electrons. The molecule has 0 aromatic heterocycles. The maximum Gasteiger partial charge on any atom is 0.302 e. The highest BCUT2D eigenvalue weighted by Crippen LogP contribution is 2.15. The van der Waals surface area contributed by atoms with Crippen LogP contribution in [0, 0.1) is 0 Å². The number of alkyl halides is 2. The molecule has 0 spiro atoms. The molecule has 4 heteroatoms. The van der Waals surface area contributed by atoms with Gasteiger partial charge in [-0.15, -0.1) is 23.2 Å². The molecule has 0 aliphatic heterocycles. The molecule has 15 heavy (non-hydrogen) atoms. The summed E-state index contributed by atoms with van der Waals surface area (Å²) >= 11 is 9.53. The van der Waals surface area contributed by atoms with Crippen molar-refractivity contribution in [3.8, 4) is 0 Å². The van der Waals surface area contributed by atoms with E-state index in [0.29, 0.717) is 6.61 Å². The van der Waals surface area contributed by atoms with Crippen molar-refractivity contribution in [3.05, 3.63) is 0 Å². The zero-order valence-electron chi connectivity index (χ0n) is 9.73. The lowest BCUT2D eigenvalue weighted by molar-refractivity contribution is -0.140. The molecule has 1 fully saturated rings. The Hall–Kier alpha value is 0.0500. The van der Waals surface area contributed by atoms with Crippen LogP contribution in [0.2, 0.25) is 0 Å². The van der Waals surface area contributed by atoms with E-state index >= 15 is 0 Å². The Morgan fingerprint density at radius 3 is 1.40 bits per heavy atom. The van der Waals surface area contributed by atoms with Crippen molar-refractivity contribution in [2.75, 3.05) is 11.9 Å².